The lowest BCUT2D eigenvalue weighted by molar-refractivity contribution is -0.131. The molecule has 17 heteroatoms. The lowest BCUT2D eigenvalue weighted by Gasteiger charge is -2.40. The minimum absolute atomic E-state index is 0.00207. The minimum atomic E-state index is -0.685. The Balaban J connectivity index is 0.000000139. The third kappa shape index (κ3) is 12.1. The van der Waals surface area contributed by atoms with Gasteiger partial charge in [-0.1, -0.05) is 105 Å². The fourth-order valence-electron chi connectivity index (χ4n) is 13.6. The van der Waals surface area contributed by atoms with Crippen LogP contribution in [0, 0.1) is 34.5 Å². The highest BCUT2D eigenvalue weighted by molar-refractivity contribution is 6.30. The van der Waals surface area contributed by atoms with Crippen molar-refractivity contribution >= 4 is 53.0 Å². The molecule has 7 N–H and O–H groups in total. The normalized spacial score (nSPS) is 24.9. The van der Waals surface area contributed by atoms with Crippen LogP contribution < -0.4 is 22.5 Å². The molecule has 0 radical (unpaired) electrons. The number of likely N-dealkylation sites (N-methyl/N-ethyl adjacent to an activating group) is 1. The molecule has 82 heavy (non-hydrogen) atoms. The maximum atomic E-state index is 13.3. The van der Waals surface area contributed by atoms with E-state index in [1.165, 1.54) is 53.0 Å². The zero-order valence-electron chi connectivity index (χ0n) is 47.3. The van der Waals surface area contributed by atoms with Crippen molar-refractivity contribution in [3.8, 4) is 34.4 Å². The average Bonchev–Trinajstić information content (AvgIpc) is 3.74. The number of carbonyl (C=O) groups is 3. The summed E-state index contributed by atoms with van der Waals surface area (Å²) in [6, 6.07) is 36.3. The highest BCUT2D eigenvalue weighted by Crippen LogP contribution is 2.48. The molecule has 0 saturated heterocycles. The SMILES string of the molecule is CN1C(=O)C[C@]2(CCCc3ccc(-c4cccc(C#N)c4)cc32)N=C1N.CN1C(=O)C[C@]2(CCc3ccc(-c4cccc(Cl)c4)cc32)N=C1N.CN1C(=O)[C@@](CCC2CCCCC2)(C[C@H]2CCC[C@@H](Nc3ccc(C#N)cn3)C2)N=C1N. The predicted molar refractivity (Wildman–Crippen MR) is 322 cm³/mol. The number of rotatable bonds is 9. The molecule has 4 aromatic carbocycles. The van der Waals surface area contributed by atoms with Crippen LogP contribution in [0.5, 0.6) is 0 Å². The molecule has 4 aliphatic carbocycles. The summed E-state index contributed by atoms with van der Waals surface area (Å²) in [5, 5.41) is 22.4. The number of anilines is 1. The van der Waals surface area contributed by atoms with E-state index in [0.29, 0.717) is 52.9 Å². The van der Waals surface area contributed by atoms with Crippen LogP contribution in [0.25, 0.3) is 22.3 Å². The number of hydrogen-bond donors (Lipinski definition) is 4. The lowest BCUT2D eigenvalue weighted by atomic mass is 9.73. The predicted octanol–water partition coefficient (Wildman–Crippen LogP) is 10.5. The topological polar surface area (TPSA) is 249 Å². The van der Waals surface area contributed by atoms with Gasteiger partial charge < -0.3 is 22.5 Å². The number of aryl methyl sites for hydroxylation is 2. The van der Waals surface area contributed by atoms with Gasteiger partial charge in [-0.15, -0.1) is 0 Å². The van der Waals surface area contributed by atoms with Crippen LogP contribution in [-0.2, 0) is 38.3 Å². The summed E-state index contributed by atoms with van der Waals surface area (Å²) in [6.07, 6.45) is 20.4. The fraction of sp³-hybridized carbons (Fsp3) is 0.431. The lowest BCUT2D eigenvalue weighted by Crippen LogP contribution is -2.49. The molecule has 16 nitrogen and oxygen atoms in total. The number of nitriles is 2. The Morgan fingerprint density at radius 3 is 1.82 bits per heavy atom. The molecule has 3 aliphatic heterocycles. The molecule has 2 spiro atoms. The van der Waals surface area contributed by atoms with Crippen LogP contribution in [0.15, 0.2) is 118 Å². The van der Waals surface area contributed by atoms with Crippen molar-refractivity contribution < 1.29 is 14.4 Å². The maximum absolute atomic E-state index is 13.3. The first-order valence-electron chi connectivity index (χ1n) is 29.0. The third-order valence-electron chi connectivity index (χ3n) is 18.2. The van der Waals surface area contributed by atoms with Gasteiger partial charge >= 0.3 is 0 Å². The van der Waals surface area contributed by atoms with Crippen molar-refractivity contribution in [2.45, 2.75) is 145 Å². The second kappa shape index (κ2) is 24.2. The largest absolute Gasteiger partial charge is 0.369 e. The number of fused-ring (bicyclic) bond motifs is 4. The summed E-state index contributed by atoms with van der Waals surface area (Å²) in [4.78, 5) is 61.1. The van der Waals surface area contributed by atoms with E-state index in [-0.39, 0.29) is 23.7 Å². The Kier molecular flexibility index (Phi) is 16.9. The van der Waals surface area contributed by atoms with Gasteiger partial charge in [0.2, 0.25) is 11.8 Å². The van der Waals surface area contributed by atoms with Gasteiger partial charge in [0.1, 0.15) is 17.4 Å². The highest BCUT2D eigenvalue weighted by Gasteiger charge is 2.49. The molecule has 2 saturated carbocycles. The van der Waals surface area contributed by atoms with Gasteiger partial charge in [-0.2, -0.15) is 10.5 Å². The van der Waals surface area contributed by atoms with Crippen LogP contribution >= 0.6 is 11.6 Å². The fourth-order valence-corrected chi connectivity index (χ4v) is 13.8. The maximum Gasteiger partial charge on any atom is 0.257 e. The summed E-state index contributed by atoms with van der Waals surface area (Å²) in [6.45, 7) is 0. The number of pyridine rings is 1. The van der Waals surface area contributed by atoms with E-state index >= 15 is 0 Å². The molecule has 12 rings (SSSR count). The number of guanidine groups is 3. The molecule has 7 aliphatic rings. The number of aromatic nitrogens is 1. The number of benzene rings is 4. The van der Waals surface area contributed by atoms with Gasteiger partial charge in [0, 0.05) is 38.4 Å². The smallest absolute Gasteiger partial charge is 0.257 e. The number of aliphatic imine (C=N–C) groups is 3. The molecule has 3 amide bonds. The molecule has 424 valence electrons. The van der Waals surface area contributed by atoms with Crippen molar-refractivity contribution in [2.75, 3.05) is 26.5 Å². The Morgan fingerprint density at radius 2 is 1.22 bits per heavy atom. The zero-order chi connectivity index (χ0) is 57.8. The number of nitrogens with two attached hydrogens (primary N) is 3. The first-order valence-corrected chi connectivity index (χ1v) is 29.4. The molecule has 0 bridgehead atoms. The second-order valence-electron chi connectivity index (χ2n) is 23.6. The van der Waals surface area contributed by atoms with E-state index in [9.17, 15) is 14.4 Å². The van der Waals surface area contributed by atoms with E-state index in [1.54, 1.807) is 44.4 Å². The molecular weight excluding hydrogens is 1050 g/mol. The molecule has 0 unspecified atom stereocenters. The minimum Gasteiger partial charge on any atom is -0.369 e. The third-order valence-corrected chi connectivity index (χ3v) is 18.5. The average molecular weight is 1120 g/mol. The van der Waals surface area contributed by atoms with Crippen molar-refractivity contribution in [1.82, 2.24) is 19.7 Å². The summed E-state index contributed by atoms with van der Waals surface area (Å²) >= 11 is 6.12. The summed E-state index contributed by atoms with van der Waals surface area (Å²) in [5.41, 5.74) is 26.4. The zero-order valence-corrected chi connectivity index (χ0v) is 48.1. The van der Waals surface area contributed by atoms with Crippen molar-refractivity contribution in [1.29, 1.82) is 10.5 Å². The molecule has 5 atom stereocenters. The van der Waals surface area contributed by atoms with Crippen molar-refractivity contribution in [3.05, 3.63) is 142 Å². The number of nitrogens with one attached hydrogen (secondary N) is 1. The van der Waals surface area contributed by atoms with Crippen LogP contribution in [0.2, 0.25) is 5.02 Å². The quantitative estimate of drug-likeness (QED) is 0.109. The van der Waals surface area contributed by atoms with Crippen molar-refractivity contribution in [3.63, 3.8) is 0 Å². The molecule has 5 aromatic rings. The first kappa shape index (κ1) is 57.2. The Bertz CT molecular complexity index is 3430. The summed E-state index contributed by atoms with van der Waals surface area (Å²) in [5.74, 6) is 3.00. The molecule has 2 fully saturated rings. The Hall–Kier alpha value is -8.08. The van der Waals surface area contributed by atoms with E-state index in [2.05, 4.69) is 58.8 Å². The molecule has 4 heterocycles. The first-order chi connectivity index (χ1) is 39.5. The van der Waals surface area contributed by atoms with Gasteiger partial charge in [-0.25, -0.2) is 20.0 Å². The van der Waals surface area contributed by atoms with E-state index in [4.69, 9.17) is 54.3 Å². The van der Waals surface area contributed by atoms with E-state index < -0.39 is 16.6 Å². The van der Waals surface area contributed by atoms with Gasteiger partial charge in [0.05, 0.1) is 41.1 Å². The number of halogens is 1. The second-order valence-corrected chi connectivity index (χ2v) is 24.0. The molecule has 1 aromatic heterocycles. The van der Waals surface area contributed by atoms with Gasteiger partial charge in [0.25, 0.3) is 5.91 Å². The monoisotopic (exact) mass is 1120 g/mol. The number of hydrogen-bond acceptors (Lipinski definition) is 13. The number of amides is 3. The van der Waals surface area contributed by atoms with E-state index in [0.717, 1.165) is 122 Å². The van der Waals surface area contributed by atoms with Crippen LogP contribution in [0.1, 0.15) is 143 Å². The van der Waals surface area contributed by atoms with Crippen LogP contribution in [-0.4, -0.2) is 88.0 Å². The van der Waals surface area contributed by atoms with Gasteiger partial charge in [0.15, 0.2) is 17.9 Å². The number of carbonyl (C=O) groups excluding carboxylic acids is 3. The van der Waals surface area contributed by atoms with Gasteiger partial charge in [-0.3, -0.25) is 29.1 Å². The number of nitrogens with zero attached hydrogens (tertiary/aromatic N) is 9. The Morgan fingerprint density at radius 1 is 0.622 bits per heavy atom. The van der Waals surface area contributed by atoms with Crippen LogP contribution in [0.4, 0.5) is 5.82 Å². The highest BCUT2D eigenvalue weighted by atomic mass is 35.5. The standard InChI is InChI=1S/C25H36N6O.C21H20N4O.C19H18ClN3O/c1-31-23(32)25(30-24(31)27,13-12-18-6-3-2-4-7-18)15-19-8-5-9-21(14-19)29-22-11-10-20(16-26)17-28-22;1-25-19(26)12-21(24-20(25)23)9-3-6-15-7-8-17(11-18(15)21)16-5-2-4-14(10-16)13-22;1-23-17(24)11-19(22-18(23)21)8-7-12-5-6-14(10-16(12)19)13-3-2-4-15(20)9-13/h10-11,17-19,21H,2-9,12-15H2,1H3,(H2,27,30)(H,28,29);2,4-5,7-8,10-11H,3,6,9,12H2,1H3,(H2,23,24);2-6,9-10H,7-8,11H2,1H3,(H2,21,22)/t19-,21+,25+;21-;19-/m000/s1. The Labute approximate surface area is 486 Å². The van der Waals surface area contributed by atoms with Gasteiger partial charge in [-0.05, 0) is 169 Å². The summed E-state index contributed by atoms with van der Waals surface area (Å²) in [7, 11) is 5.10. The van der Waals surface area contributed by atoms with Crippen molar-refractivity contribution in [2.24, 2.45) is 44.0 Å². The van der Waals surface area contributed by atoms with E-state index in [1.807, 2.05) is 48.5 Å². The molecular formula is C65H74ClN13O3. The van der Waals surface area contributed by atoms with Crippen LogP contribution in [0.3, 0.4) is 0 Å². The summed E-state index contributed by atoms with van der Waals surface area (Å²) < 4.78 is 0.